The van der Waals surface area contributed by atoms with E-state index in [0.717, 1.165) is 0 Å². The van der Waals surface area contributed by atoms with Gasteiger partial charge >= 0.3 is 19.5 Å². The van der Waals surface area contributed by atoms with Crippen molar-refractivity contribution in [3.05, 3.63) is 0 Å². The maximum absolute atomic E-state index is 10.5. The summed E-state index contributed by atoms with van der Waals surface area (Å²) in [5, 5.41) is 17.8. The van der Waals surface area contributed by atoms with E-state index in [4.69, 9.17) is 19.8 Å². The van der Waals surface area contributed by atoms with E-state index in [9.17, 15) is 8.78 Å². The van der Waals surface area contributed by atoms with Gasteiger partial charge in [0.2, 0.25) is 0 Å². The van der Waals surface area contributed by atoms with Crippen LogP contribution in [0, 0.1) is 0 Å². The summed E-state index contributed by atoms with van der Waals surface area (Å²) >= 11 is 0. The average Bonchev–Trinajstić information content (AvgIpc) is 1.89. The SMILES string of the molecule is O=C([O-])CF.O=C([O-])CF.[Rh+2]. The number of carboxylic acid groups (broad SMARTS) is 2. The molecule has 67 valence electrons. The van der Waals surface area contributed by atoms with Gasteiger partial charge in [0, 0.05) is 0 Å². The van der Waals surface area contributed by atoms with E-state index >= 15 is 0 Å². The quantitative estimate of drug-likeness (QED) is 0.508. The van der Waals surface area contributed by atoms with E-state index in [2.05, 4.69) is 0 Å². The molecule has 0 N–H and O–H groups in total. The summed E-state index contributed by atoms with van der Waals surface area (Å²) < 4.78 is 20.9. The first-order valence-electron chi connectivity index (χ1n) is 2.06. The third-order valence-corrected chi connectivity index (χ3v) is 0.218. The van der Waals surface area contributed by atoms with Crippen LogP contribution in [0.2, 0.25) is 0 Å². The van der Waals surface area contributed by atoms with Gasteiger partial charge in [0.05, 0.1) is 11.9 Å². The molecule has 0 spiro atoms. The van der Waals surface area contributed by atoms with E-state index in [1.165, 1.54) is 0 Å². The number of alkyl halides is 2. The standard InChI is InChI=1S/2C2H3FO2.Rh/c2*3-1-2(4)5;/h2*1H2,(H,4,5);/q;;+2/p-2. The van der Waals surface area contributed by atoms with Crippen molar-refractivity contribution in [1.29, 1.82) is 0 Å². The predicted octanol–water partition coefficient (Wildman–Crippen LogP) is -2.59. The van der Waals surface area contributed by atoms with E-state index in [0.29, 0.717) is 0 Å². The molecule has 4 nitrogen and oxygen atoms in total. The molecule has 1 radical (unpaired) electrons. The molecule has 0 aromatic heterocycles. The fourth-order valence-electron chi connectivity index (χ4n) is 0. The van der Waals surface area contributed by atoms with Crippen LogP contribution < -0.4 is 10.2 Å². The fraction of sp³-hybridized carbons (Fsp3) is 0.500. The van der Waals surface area contributed by atoms with Crippen LogP contribution in [0.1, 0.15) is 0 Å². The summed E-state index contributed by atoms with van der Waals surface area (Å²) in [4.78, 5) is 17.8. The van der Waals surface area contributed by atoms with Gasteiger partial charge in [-0.1, -0.05) is 0 Å². The average molecular weight is 257 g/mol. The number of carbonyl (C=O) groups excluding carboxylic acids is 2. The summed E-state index contributed by atoms with van der Waals surface area (Å²) in [7, 11) is 0. The molecule has 0 fully saturated rings. The normalized spacial score (nSPS) is 6.73. The second-order valence-corrected chi connectivity index (χ2v) is 1.01. The van der Waals surface area contributed by atoms with Crippen molar-refractivity contribution in [3.8, 4) is 0 Å². The summed E-state index contributed by atoms with van der Waals surface area (Å²) in [5.74, 6) is -3.32. The van der Waals surface area contributed by atoms with Crippen LogP contribution in [0.4, 0.5) is 8.78 Å². The number of carbonyl (C=O) groups is 2. The number of hydrogen-bond acceptors (Lipinski definition) is 4. The third-order valence-electron chi connectivity index (χ3n) is 0.218. The summed E-state index contributed by atoms with van der Waals surface area (Å²) in [5.41, 5.74) is 0. The molecule has 11 heavy (non-hydrogen) atoms. The molecule has 0 aliphatic rings. The van der Waals surface area contributed by atoms with Gasteiger partial charge in [-0.2, -0.15) is 0 Å². The van der Waals surface area contributed by atoms with Crippen molar-refractivity contribution in [1.82, 2.24) is 0 Å². The monoisotopic (exact) mass is 257 g/mol. The zero-order valence-electron chi connectivity index (χ0n) is 5.14. The Morgan fingerprint density at radius 2 is 1.09 bits per heavy atom. The van der Waals surface area contributed by atoms with Crippen LogP contribution in [0.3, 0.4) is 0 Å². The summed E-state index contributed by atoms with van der Waals surface area (Å²) in [6.45, 7) is -2.78. The number of carboxylic acids is 2. The first kappa shape index (κ1) is 16.8. The molecule has 0 heterocycles. The molecule has 7 heteroatoms. The minimum Gasteiger partial charge on any atom is -0.547 e. The van der Waals surface area contributed by atoms with Gasteiger partial charge in [-0.15, -0.1) is 0 Å². The summed E-state index contributed by atoms with van der Waals surface area (Å²) in [6.07, 6.45) is 0. The molecule has 0 aliphatic heterocycles. The van der Waals surface area contributed by atoms with Crippen molar-refractivity contribution in [2.45, 2.75) is 0 Å². The van der Waals surface area contributed by atoms with Gasteiger partial charge in [0.25, 0.3) is 0 Å². The molecule has 0 aromatic carbocycles. The van der Waals surface area contributed by atoms with E-state index in [1.54, 1.807) is 0 Å². The van der Waals surface area contributed by atoms with Crippen LogP contribution >= 0.6 is 0 Å². The molecule has 0 atom stereocenters. The predicted molar refractivity (Wildman–Crippen MR) is 22.0 cm³/mol. The van der Waals surface area contributed by atoms with Gasteiger partial charge in [-0.3, -0.25) is 0 Å². The Labute approximate surface area is 74.0 Å². The van der Waals surface area contributed by atoms with Crippen molar-refractivity contribution in [2.75, 3.05) is 13.3 Å². The van der Waals surface area contributed by atoms with Gasteiger partial charge in [0.15, 0.2) is 0 Å². The second-order valence-electron chi connectivity index (χ2n) is 1.01. The maximum Gasteiger partial charge on any atom is 2.00 e. The smallest absolute Gasteiger partial charge is 0.547 e. The molecule has 0 unspecified atom stereocenters. The topological polar surface area (TPSA) is 80.3 Å². The maximum atomic E-state index is 10.5. The molecule has 0 aliphatic carbocycles. The molecule has 0 rings (SSSR count). The van der Waals surface area contributed by atoms with E-state index in [1.807, 2.05) is 0 Å². The van der Waals surface area contributed by atoms with E-state index < -0.39 is 25.3 Å². The first-order chi connectivity index (χ1) is 4.54. The van der Waals surface area contributed by atoms with Crippen LogP contribution in [0.5, 0.6) is 0 Å². The molecule has 0 saturated heterocycles. The zero-order valence-corrected chi connectivity index (χ0v) is 6.78. The van der Waals surface area contributed by atoms with Crippen LogP contribution in [-0.2, 0) is 29.1 Å². The third kappa shape index (κ3) is 44.3. The Hall–Kier alpha value is -0.577. The largest absolute Gasteiger partial charge is 2.00 e. The van der Waals surface area contributed by atoms with Crippen molar-refractivity contribution < 1.29 is 48.1 Å². The van der Waals surface area contributed by atoms with Gasteiger partial charge in [-0.25, -0.2) is 8.78 Å². The Balaban J connectivity index is -0.000000107. The van der Waals surface area contributed by atoms with Crippen molar-refractivity contribution in [3.63, 3.8) is 0 Å². The van der Waals surface area contributed by atoms with Crippen LogP contribution in [0.25, 0.3) is 0 Å². The Kier molecular flexibility index (Phi) is 18.5. The number of rotatable bonds is 2. The van der Waals surface area contributed by atoms with Gasteiger partial charge < -0.3 is 19.8 Å². The van der Waals surface area contributed by atoms with Gasteiger partial charge in [0.1, 0.15) is 13.3 Å². The first-order valence-corrected chi connectivity index (χ1v) is 2.06. The van der Waals surface area contributed by atoms with Crippen LogP contribution in [0.15, 0.2) is 0 Å². The molecule has 0 amide bonds. The summed E-state index contributed by atoms with van der Waals surface area (Å²) in [6, 6.07) is 0. The van der Waals surface area contributed by atoms with Crippen molar-refractivity contribution in [2.24, 2.45) is 0 Å². The van der Waals surface area contributed by atoms with E-state index in [-0.39, 0.29) is 19.5 Å². The molecule has 0 saturated carbocycles. The van der Waals surface area contributed by atoms with Crippen LogP contribution in [-0.4, -0.2) is 25.3 Å². The second kappa shape index (κ2) is 12.1. The number of halogens is 2. The Morgan fingerprint density at radius 1 is 1.00 bits per heavy atom. The zero-order chi connectivity index (χ0) is 8.57. The Morgan fingerprint density at radius 3 is 1.09 bits per heavy atom. The minimum absolute atomic E-state index is 0. The fourth-order valence-corrected chi connectivity index (χ4v) is 0. The molecule has 0 bridgehead atoms. The molecular formula is C4H4F2O4Rh. The van der Waals surface area contributed by atoms with Gasteiger partial charge in [-0.05, 0) is 0 Å². The van der Waals surface area contributed by atoms with Crippen molar-refractivity contribution >= 4 is 11.9 Å². The molecular weight excluding hydrogens is 253 g/mol. The Bertz CT molecular complexity index is 105. The number of hydrogen-bond donors (Lipinski definition) is 0. The number of aliphatic carboxylic acids is 2. The molecule has 0 aromatic rings. The minimum atomic E-state index is -1.66.